The van der Waals surface area contributed by atoms with Gasteiger partial charge in [-0.2, -0.15) is 0 Å². The summed E-state index contributed by atoms with van der Waals surface area (Å²) >= 11 is 0. The molecule has 106 valence electrons. The number of aromatic nitrogens is 1. The number of benzene rings is 1. The minimum Gasteiger partial charge on any atom is -0.381 e. The Hall–Kier alpha value is -2.03. The van der Waals surface area contributed by atoms with Crippen molar-refractivity contribution in [3.8, 4) is 0 Å². The zero-order valence-corrected chi connectivity index (χ0v) is 12.5. The highest BCUT2D eigenvalue weighted by Gasteiger charge is 2.00. The first-order valence-corrected chi connectivity index (χ1v) is 7.21. The summed E-state index contributed by atoms with van der Waals surface area (Å²) in [6, 6.07) is 12.8. The van der Waals surface area contributed by atoms with Gasteiger partial charge in [0.2, 0.25) is 0 Å². The summed E-state index contributed by atoms with van der Waals surface area (Å²) in [6.07, 6.45) is 1.82. The predicted octanol–water partition coefficient (Wildman–Crippen LogP) is 4.25. The third-order valence-corrected chi connectivity index (χ3v) is 3.26. The topological polar surface area (TPSA) is 37.0 Å². The quantitative estimate of drug-likeness (QED) is 0.823. The van der Waals surface area contributed by atoms with E-state index in [1.54, 1.807) is 0 Å². The van der Waals surface area contributed by atoms with Crippen molar-refractivity contribution < 1.29 is 0 Å². The average molecular weight is 269 g/mol. The van der Waals surface area contributed by atoms with Gasteiger partial charge in [0.05, 0.1) is 0 Å². The molecule has 0 aliphatic heterocycles. The van der Waals surface area contributed by atoms with Crippen LogP contribution in [-0.2, 0) is 6.54 Å². The van der Waals surface area contributed by atoms with Crippen molar-refractivity contribution in [1.29, 1.82) is 0 Å². The Balaban J connectivity index is 1.96. The molecule has 3 heteroatoms. The van der Waals surface area contributed by atoms with Crippen molar-refractivity contribution in [3.63, 3.8) is 0 Å². The predicted molar refractivity (Wildman–Crippen MR) is 86.3 cm³/mol. The number of nitrogens with one attached hydrogen (secondary N) is 2. The standard InChI is InChI=1S/C17H23N3/c1-4-18-17-11-16(9-10-19-17)20-12-14-5-7-15(8-6-14)13(2)3/h5-11,13H,4,12H2,1-3H3,(H2,18,19,20). The number of hydrogen-bond acceptors (Lipinski definition) is 3. The number of pyridine rings is 1. The first-order chi connectivity index (χ1) is 9.69. The van der Waals surface area contributed by atoms with Crippen LogP contribution in [0, 0.1) is 0 Å². The Morgan fingerprint density at radius 3 is 2.45 bits per heavy atom. The molecule has 20 heavy (non-hydrogen) atoms. The van der Waals surface area contributed by atoms with Crippen LogP contribution >= 0.6 is 0 Å². The Morgan fingerprint density at radius 1 is 1.05 bits per heavy atom. The van der Waals surface area contributed by atoms with Crippen molar-refractivity contribution in [3.05, 3.63) is 53.7 Å². The van der Waals surface area contributed by atoms with E-state index in [1.807, 2.05) is 18.3 Å². The fraction of sp³-hybridized carbons (Fsp3) is 0.353. The molecule has 0 amide bonds. The van der Waals surface area contributed by atoms with Gasteiger partial charge >= 0.3 is 0 Å². The highest BCUT2D eigenvalue weighted by Crippen LogP contribution is 2.16. The van der Waals surface area contributed by atoms with Crippen molar-refractivity contribution in [1.82, 2.24) is 4.98 Å². The summed E-state index contributed by atoms with van der Waals surface area (Å²) in [7, 11) is 0. The van der Waals surface area contributed by atoms with Crippen molar-refractivity contribution in [2.24, 2.45) is 0 Å². The van der Waals surface area contributed by atoms with E-state index in [1.165, 1.54) is 11.1 Å². The van der Waals surface area contributed by atoms with Crippen LogP contribution in [0.1, 0.15) is 37.8 Å². The Morgan fingerprint density at radius 2 is 1.80 bits per heavy atom. The molecule has 0 atom stereocenters. The second-order valence-corrected chi connectivity index (χ2v) is 5.21. The molecule has 0 fully saturated rings. The fourth-order valence-corrected chi connectivity index (χ4v) is 2.04. The zero-order chi connectivity index (χ0) is 14.4. The smallest absolute Gasteiger partial charge is 0.127 e. The van der Waals surface area contributed by atoms with Crippen LogP contribution in [0.15, 0.2) is 42.6 Å². The lowest BCUT2D eigenvalue weighted by molar-refractivity contribution is 0.865. The van der Waals surface area contributed by atoms with E-state index in [0.717, 1.165) is 24.6 Å². The molecule has 1 heterocycles. The van der Waals surface area contributed by atoms with Gasteiger partial charge in [-0.1, -0.05) is 38.1 Å². The number of rotatable bonds is 6. The molecule has 0 spiro atoms. The van der Waals surface area contributed by atoms with Crippen LogP contribution in [0.2, 0.25) is 0 Å². The average Bonchev–Trinajstić information content (AvgIpc) is 2.46. The molecule has 0 aliphatic rings. The van der Waals surface area contributed by atoms with Crippen LogP contribution in [0.4, 0.5) is 11.5 Å². The van der Waals surface area contributed by atoms with Gasteiger partial charge in [0.1, 0.15) is 5.82 Å². The third kappa shape index (κ3) is 3.98. The Kier molecular flexibility index (Phi) is 4.99. The summed E-state index contributed by atoms with van der Waals surface area (Å²) in [6.45, 7) is 8.21. The van der Waals surface area contributed by atoms with E-state index in [2.05, 4.69) is 60.7 Å². The second kappa shape index (κ2) is 6.94. The normalized spacial score (nSPS) is 10.6. The van der Waals surface area contributed by atoms with Gasteiger partial charge in [-0.15, -0.1) is 0 Å². The number of nitrogens with zero attached hydrogens (tertiary/aromatic N) is 1. The molecule has 0 bridgehead atoms. The number of hydrogen-bond donors (Lipinski definition) is 2. The lowest BCUT2D eigenvalue weighted by atomic mass is 10.0. The summed E-state index contributed by atoms with van der Waals surface area (Å²) in [4.78, 5) is 4.26. The lowest BCUT2D eigenvalue weighted by Crippen LogP contribution is -2.03. The van der Waals surface area contributed by atoms with Gasteiger partial charge < -0.3 is 10.6 Å². The van der Waals surface area contributed by atoms with Gasteiger partial charge in [-0.05, 0) is 30.0 Å². The van der Waals surface area contributed by atoms with Crippen molar-refractivity contribution in [2.75, 3.05) is 17.2 Å². The lowest BCUT2D eigenvalue weighted by Gasteiger charge is -2.10. The maximum absolute atomic E-state index is 4.26. The van der Waals surface area contributed by atoms with E-state index in [4.69, 9.17) is 0 Å². The molecule has 2 rings (SSSR count). The minimum atomic E-state index is 0.583. The van der Waals surface area contributed by atoms with E-state index in [-0.39, 0.29) is 0 Å². The van der Waals surface area contributed by atoms with Crippen LogP contribution in [0.25, 0.3) is 0 Å². The van der Waals surface area contributed by atoms with E-state index in [0.29, 0.717) is 5.92 Å². The molecule has 0 unspecified atom stereocenters. The molecule has 2 aromatic rings. The largest absolute Gasteiger partial charge is 0.381 e. The van der Waals surface area contributed by atoms with E-state index in [9.17, 15) is 0 Å². The molecule has 0 saturated carbocycles. The Bertz CT molecular complexity index is 532. The van der Waals surface area contributed by atoms with Crippen LogP contribution in [0.3, 0.4) is 0 Å². The molecule has 1 aromatic heterocycles. The highest BCUT2D eigenvalue weighted by atomic mass is 15.0. The summed E-state index contributed by atoms with van der Waals surface area (Å²) in [5, 5.41) is 6.64. The second-order valence-electron chi connectivity index (χ2n) is 5.21. The third-order valence-electron chi connectivity index (χ3n) is 3.26. The maximum Gasteiger partial charge on any atom is 0.127 e. The van der Waals surface area contributed by atoms with E-state index < -0.39 is 0 Å². The monoisotopic (exact) mass is 269 g/mol. The molecule has 3 nitrogen and oxygen atoms in total. The minimum absolute atomic E-state index is 0.583. The summed E-state index contributed by atoms with van der Waals surface area (Å²) in [5.74, 6) is 1.49. The number of anilines is 2. The van der Waals surface area contributed by atoms with Crippen LogP contribution in [-0.4, -0.2) is 11.5 Å². The fourth-order valence-electron chi connectivity index (χ4n) is 2.04. The first kappa shape index (κ1) is 14.4. The molecule has 0 radical (unpaired) electrons. The molecule has 0 saturated heterocycles. The van der Waals surface area contributed by atoms with Crippen LogP contribution < -0.4 is 10.6 Å². The zero-order valence-electron chi connectivity index (χ0n) is 12.5. The summed E-state index contributed by atoms with van der Waals surface area (Å²) in [5.41, 5.74) is 3.76. The van der Waals surface area contributed by atoms with E-state index >= 15 is 0 Å². The molecule has 0 aliphatic carbocycles. The SMILES string of the molecule is CCNc1cc(NCc2ccc(C(C)C)cc2)ccn1. The van der Waals surface area contributed by atoms with Crippen molar-refractivity contribution >= 4 is 11.5 Å². The Labute approximate surface area is 121 Å². The first-order valence-electron chi connectivity index (χ1n) is 7.21. The molecule has 1 aromatic carbocycles. The summed E-state index contributed by atoms with van der Waals surface area (Å²) < 4.78 is 0. The van der Waals surface area contributed by atoms with Gasteiger partial charge in [0, 0.05) is 31.0 Å². The van der Waals surface area contributed by atoms with Gasteiger partial charge in [0.25, 0.3) is 0 Å². The van der Waals surface area contributed by atoms with Gasteiger partial charge in [-0.25, -0.2) is 4.98 Å². The highest BCUT2D eigenvalue weighted by molar-refractivity contribution is 5.52. The van der Waals surface area contributed by atoms with Crippen molar-refractivity contribution in [2.45, 2.75) is 33.2 Å². The van der Waals surface area contributed by atoms with Crippen LogP contribution in [0.5, 0.6) is 0 Å². The molecular weight excluding hydrogens is 246 g/mol. The van der Waals surface area contributed by atoms with Gasteiger partial charge in [0.15, 0.2) is 0 Å². The molecular formula is C17H23N3. The maximum atomic E-state index is 4.26. The van der Waals surface area contributed by atoms with Gasteiger partial charge in [-0.3, -0.25) is 0 Å². The molecule has 2 N–H and O–H groups in total.